The summed E-state index contributed by atoms with van der Waals surface area (Å²) in [5.74, 6) is 0. The maximum Gasteiger partial charge on any atom is 0.0647 e. The highest BCUT2D eigenvalue weighted by Gasteiger charge is 2.40. The number of hydrogen-bond acceptors (Lipinski definition) is 6. The van der Waals surface area contributed by atoms with Crippen LogP contribution >= 0.6 is 34.3 Å². The molecule has 7 heteroatoms. The van der Waals surface area contributed by atoms with Crippen molar-refractivity contribution < 1.29 is 0 Å². The van der Waals surface area contributed by atoms with E-state index in [4.69, 9.17) is 11.6 Å². The lowest BCUT2D eigenvalue weighted by atomic mass is 9.63. The first-order valence-corrected chi connectivity index (χ1v) is 47.6. The number of hydrogen-bond donors (Lipinski definition) is 1. The second kappa shape index (κ2) is 34.3. The first kappa shape index (κ1) is 91.3. The van der Waals surface area contributed by atoms with Gasteiger partial charge in [0, 0.05) is 92.6 Å². The lowest BCUT2D eigenvalue weighted by Crippen LogP contribution is -2.33. The summed E-state index contributed by atoms with van der Waals surface area (Å²) >= 11 is 10.1. The van der Waals surface area contributed by atoms with Crippen LogP contribution in [0.3, 0.4) is 0 Å². The van der Waals surface area contributed by atoms with Gasteiger partial charge in [0.05, 0.1) is 17.1 Å². The lowest BCUT2D eigenvalue weighted by molar-refractivity contribution is 0.332. The zero-order valence-electron chi connectivity index (χ0n) is 80.3. The maximum absolute atomic E-state index is 6.41. The van der Waals surface area contributed by atoms with Gasteiger partial charge in [-0.25, -0.2) is 0 Å². The lowest BCUT2D eigenvalue weighted by Gasteiger charge is -2.42. The Morgan fingerprint density at radius 1 is 0.280 bits per heavy atom. The highest BCUT2D eigenvalue weighted by Crippen LogP contribution is 2.55. The molecule has 16 rings (SSSR count). The molecule has 4 nitrogen and oxygen atoms in total. The summed E-state index contributed by atoms with van der Waals surface area (Å²) in [6.45, 7) is 64.7. The van der Waals surface area contributed by atoms with Crippen LogP contribution in [0.1, 0.15) is 272 Å². The van der Waals surface area contributed by atoms with Crippen LogP contribution in [0.15, 0.2) is 266 Å². The Morgan fingerprint density at radius 3 is 0.992 bits per heavy atom. The van der Waals surface area contributed by atoms with Crippen LogP contribution in [0.4, 0.5) is 62.6 Å². The van der Waals surface area contributed by atoms with E-state index < -0.39 is 0 Å². The van der Waals surface area contributed by atoms with Crippen LogP contribution in [0.2, 0.25) is 5.02 Å². The number of thiophene rings is 2. The maximum atomic E-state index is 6.41. The van der Waals surface area contributed by atoms with E-state index in [1.54, 1.807) is 0 Å². The van der Waals surface area contributed by atoms with Gasteiger partial charge in [-0.15, -0.1) is 22.7 Å². The Balaban J connectivity index is 0.000000169. The predicted molar refractivity (Wildman–Crippen MR) is 552 cm³/mol. The van der Waals surface area contributed by atoms with Crippen molar-refractivity contribution in [2.45, 2.75) is 274 Å². The SMILES string of the molecule is CC(C)(C)c1ccc(Nc2csc3cc4c(cc23)C(C)(C)CCC4(C)C)c(-c2ccccc2)c1.Cc1cc(Cl)cc(N(c2ccc(C(C)(C)C)cc2)c2ccc(C(C)(C)C)cc2)c1.Cc1cc(N(c2ccc(C(C)(C)C)cc2)c2ccc(C(C)(C)C)cc2)cc(N(c2ccc(C(C)(C)C)cc2-c2ccccc2)c2csc3cc4c(cc23)C(C)(C)CCC4(C)C)c1. The molecule has 0 unspecified atom stereocenters. The van der Waals surface area contributed by atoms with Crippen LogP contribution in [-0.4, -0.2) is 0 Å². The van der Waals surface area contributed by atoms with Crippen LogP contribution in [0.5, 0.6) is 0 Å². The fraction of sp³-hybridized carbons (Fsp3) is 0.356. The highest BCUT2D eigenvalue weighted by atomic mass is 35.5. The third-order valence-corrected chi connectivity index (χ3v) is 28.7. The Labute approximate surface area is 764 Å². The van der Waals surface area contributed by atoms with Crippen molar-refractivity contribution in [2.75, 3.05) is 20.0 Å². The van der Waals surface area contributed by atoms with Gasteiger partial charge in [-0.3, -0.25) is 0 Å². The van der Waals surface area contributed by atoms with E-state index in [9.17, 15) is 0 Å². The second-order valence-electron chi connectivity index (χ2n) is 44.7. The molecule has 0 radical (unpaired) electrons. The van der Waals surface area contributed by atoms with Crippen molar-refractivity contribution in [3.63, 3.8) is 0 Å². The van der Waals surface area contributed by atoms with E-state index in [-0.39, 0.29) is 54.1 Å². The summed E-state index contributed by atoms with van der Waals surface area (Å²) in [6.07, 6.45) is 4.86. The summed E-state index contributed by atoms with van der Waals surface area (Å²) in [4.78, 5) is 7.29. The van der Waals surface area contributed by atoms with Crippen LogP contribution in [0.25, 0.3) is 42.4 Å². The van der Waals surface area contributed by atoms with E-state index in [1.165, 1.54) is 146 Å². The summed E-state index contributed by atoms with van der Waals surface area (Å²) < 4.78 is 2.72. The van der Waals surface area contributed by atoms with E-state index in [2.05, 4.69) is 467 Å². The van der Waals surface area contributed by atoms with Gasteiger partial charge in [0.1, 0.15) is 0 Å². The molecule has 14 aromatic rings. The standard InChI is InChI=1S/C59H68N2S.C32H37NS.C27H32ClN/c1-39-32-46(60(44-25-20-41(21-26-44)55(2,3)4)45-27-22-42(23-28-45)56(5,6)7)35-47(33-39)61(52-29-24-43(57(8,9)10)34-48(52)40-18-16-15-17-19-40)53-38-62-54-37-51-50(36-49(53)54)58(11,12)30-31-59(51,13)14;1-30(2,3)22-13-14-27(23(17-22)21-11-9-8-10-12-21)33-28-20-34-29-19-26-25(18-24(28)29)31(4,5)15-16-32(26,6)7;1-19-16-22(28)18-25(17-19)29(23-12-8-20(9-13-23)26(2,3)4)24-14-10-21(11-15-24)27(5,6)7/h15-29,32-38H,30-31H2,1-14H3;8-14,17-20,33H,15-16H2,1-7H3;8-18H,1-7H3. The van der Waals surface area contributed by atoms with E-state index >= 15 is 0 Å². The van der Waals surface area contributed by atoms with Crippen molar-refractivity contribution in [1.82, 2.24) is 0 Å². The number of benzene rings is 12. The minimum absolute atomic E-state index is 0.0124. The number of fused-ring (bicyclic) bond motifs is 4. The smallest absolute Gasteiger partial charge is 0.0647 e. The van der Waals surface area contributed by atoms with Crippen molar-refractivity contribution in [3.05, 3.63) is 337 Å². The average molecular weight is 1710 g/mol. The summed E-state index contributed by atoms with van der Waals surface area (Å²) in [7, 11) is 0. The summed E-state index contributed by atoms with van der Waals surface area (Å²) in [6, 6.07) is 95.4. The fourth-order valence-electron chi connectivity index (χ4n) is 18.2. The normalized spacial score (nSPS) is 14.9. The monoisotopic (exact) mass is 1710 g/mol. The zero-order valence-corrected chi connectivity index (χ0v) is 82.7. The first-order chi connectivity index (χ1) is 58.4. The molecule has 1 N–H and O–H groups in total. The molecular weight excluding hydrogens is 1570 g/mol. The van der Waals surface area contributed by atoms with Crippen LogP contribution in [0, 0.1) is 13.8 Å². The molecule has 0 saturated heterocycles. The quantitative estimate of drug-likeness (QED) is 0.124. The van der Waals surface area contributed by atoms with Gasteiger partial charge in [-0.2, -0.15) is 0 Å². The molecular formula is C118H137ClN4S2. The van der Waals surface area contributed by atoms with Crippen LogP contribution < -0.4 is 20.0 Å². The molecule has 0 atom stereocenters. The Hall–Kier alpha value is -9.95. The molecule has 0 amide bonds. The molecule has 0 bridgehead atoms. The molecule has 2 aliphatic carbocycles. The van der Waals surface area contributed by atoms with E-state index in [1.807, 2.05) is 34.8 Å². The number of nitrogens with zero attached hydrogens (tertiary/aromatic N) is 3. The molecule has 125 heavy (non-hydrogen) atoms. The fourth-order valence-corrected chi connectivity index (χ4v) is 20.3. The zero-order chi connectivity index (χ0) is 90.3. The second-order valence-corrected chi connectivity index (χ2v) is 46.9. The number of aryl methyl sites for hydroxylation is 2. The van der Waals surface area contributed by atoms with Gasteiger partial charge in [0.15, 0.2) is 0 Å². The van der Waals surface area contributed by atoms with Gasteiger partial charge < -0.3 is 20.0 Å². The van der Waals surface area contributed by atoms with Gasteiger partial charge in [-0.1, -0.05) is 313 Å². The van der Waals surface area contributed by atoms with E-state index in [0.717, 1.165) is 56.1 Å². The van der Waals surface area contributed by atoms with Crippen molar-refractivity contribution in [2.24, 2.45) is 0 Å². The minimum Gasteiger partial charge on any atom is -0.354 e. The molecule has 0 saturated carbocycles. The first-order valence-electron chi connectivity index (χ1n) is 45.4. The Kier molecular flexibility index (Phi) is 25.1. The van der Waals surface area contributed by atoms with Crippen molar-refractivity contribution in [1.29, 1.82) is 0 Å². The van der Waals surface area contributed by atoms with Gasteiger partial charge in [0.2, 0.25) is 0 Å². The number of halogens is 1. The highest BCUT2D eigenvalue weighted by molar-refractivity contribution is 7.18. The topological polar surface area (TPSA) is 21.8 Å². The van der Waals surface area contributed by atoms with Gasteiger partial charge in [-0.05, 0) is 305 Å². The number of anilines is 11. The molecule has 648 valence electrons. The minimum atomic E-state index is -0.0124. The van der Waals surface area contributed by atoms with Crippen molar-refractivity contribution in [3.8, 4) is 22.3 Å². The molecule has 2 heterocycles. The average Bonchev–Trinajstić information content (AvgIpc) is 1.69. The van der Waals surface area contributed by atoms with Crippen LogP contribution in [-0.2, 0) is 54.1 Å². The Bertz CT molecular complexity index is 6050. The molecule has 0 fully saturated rings. The van der Waals surface area contributed by atoms with E-state index in [0.29, 0.717) is 0 Å². The molecule has 2 aliphatic rings. The largest absolute Gasteiger partial charge is 0.354 e. The van der Waals surface area contributed by atoms with Gasteiger partial charge in [0.25, 0.3) is 0 Å². The summed E-state index contributed by atoms with van der Waals surface area (Å²) in [5.41, 5.74) is 35.1. The molecule has 0 spiro atoms. The van der Waals surface area contributed by atoms with Gasteiger partial charge >= 0.3 is 0 Å². The third-order valence-electron chi connectivity index (χ3n) is 26.6. The predicted octanol–water partition coefficient (Wildman–Crippen LogP) is 36.7. The molecule has 0 aliphatic heterocycles. The Morgan fingerprint density at radius 2 is 0.600 bits per heavy atom. The van der Waals surface area contributed by atoms with Crippen molar-refractivity contribution >= 4 is 117 Å². The third kappa shape index (κ3) is 19.9. The molecule has 2 aromatic heterocycles. The summed E-state index contributed by atoms with van der Waals surface area (Å²) in [5, 5.41) is 12.0. The number of nitrogens with one attached hydrogen (secondary N) is 1. The number of rotatable bonds is 13. The molecule has 12 aromatic carbocycles.